The van der Waals surface area contributed by atoms with Gasteiger partial charge in [-0.2, -0.15) is 0 Å². The van der Waals surface area contributed by atoms with Crippen LogP contribution in [0.4, 0.5) is 0 Å². The monoisotopic (exact) mass is 308 g/mol. The van der Waals surface area contributed by atoms with E-state index in [1.54, 1.807) is 11.3 Å². The minimum absolute atomic E-state index is 0.0143. The molecular weight excluding hydrogens is 292 g/mol. The second-order valence-electron chi connectivity index (χ2n) is 5.27. The molecular formula is C15H17ClN2OS. The van der Waals surface area contributed by atoms with Crippen LogP contribution in [-0.2, 0) is 11.2 Å². The molecule has 0 spiro atoms. The van der Waals surface area contributed by atoms with E-state index in [0.717, 1.165) is 45.2 Å². The number of hydrogen-bond acceptors (Lipinski definition) is 4. The van der Waals surface area contributed by atoms with Crippen LogP contribution in [0.2, 0.25) is 5.02 Å². The summed E-state index contributed by atoms with van der Waals surface area (Å²) in [5.41, 5.74) is 1.93. The Hall–Kier alpha value is -0.970. The third-order valence-electron chi connectivity index (χ3n) is 3.82. The van der Waals surface area contributed by atoms with Crippen molar-refractivity contribution in [2.24, 2.45) is 0 Å². The number of ketones is 1. The number of Topliss-reactive ketones (excluding diaryl/α,β-unsaturated/α-hetero) is 1. The molecule has 3 nitrogen and oxygen atoms in total. The van der Waals surface area contributed by atoms with Gasteiger partial charge >= 0.3 is 0 Å². The molecule has 1 aromatic heterocycles. The fourth-order valence-corrected chi connectivity index (χ4v) is 3.81. The van der Waals surface area contributed by atoms with Crippen molar-refractivity contribution in [2.75, 3.05) is 6.54 Å². The first-order valence-corrected chi connectivity index (χ1v) is 8.15. The molecule has 1 aromatic carbocycles. The van der Waals surface area contributed by atoms with Gasteiger partial charge in [-0.1, -0.05) is 18.0 Å². The summed E-state index contributed by atoms with van der Waals surface area (Å²) in [4.78, 5) is 16.9. The van der Waals surface area contributed by atoms with Gasteiger partial charge in [0.2, 0.25) is 0 Å². The molecule has 0 radical (unpaired) electrons. The Balaban J connectivity index is 1.80. The molecule has 106 valence electrons. The quantitative estimate of drug-likeness (QED) is 0.943. The molecule has 1 fully saturated rings. The van der Waals surface area contributed by atoms with E-state index in [9.17, 15) is 4.79 Å². The number of carbonyl (C=O) groups is 1. The number of rotatable bonds is 3. The third-order valence-corrected chi connectivity index (χ3v) is 5.25. The molecule has 1 atom stereocenters. The van der Waals surface area contributed by atoms with Crippen LogP contribution in [0, 0.1) is 6.92 Å². The summed E-state index contributed by atoms with van der Waals surface area (Å²) in [5.74, 6) is 0.257. The Morgan fingerprint density at radius 2 is 2.35 bits per heavy atom. The van der Waals surface area contributed by atoms with Gasteiger partial charge in [0, 0.05) is 5.02 Å². The molecule has 2 heterocycles. The Labute approximate surface area is 127 Å². The minimum atomic E-state index is 0.0143. The highest BCUT2D eigenvalue weighted by molar-refractivity contribution is 7.18. The van der Waals surface area contributed by atoms with Crippen LogP contribution in [0.1, 0.15) is 29.8 Å². The van der Waals surface area contributed by atoms with Crippen molar-refractivity contribution in [2.45, 2.75) is 38.6 Å². The Bertz CT molecular complexity index is 647. The molecule has 1 N–H and O–H groups in total. The average molecular weight is 309 g/mol. The SMILES string of the molecule is Cc1c(Cl)ccc2sc(CC(=O)[C@@H]3CCCCN3)nc12. The van der Waals surface area contributed by atoms with Crippen LogP contribution in [0.3, 0.4) is 0 Å². The topological polar surface area (TPSA) is 42.0 Å². The lowest BCUT2D eigenvalue weighted by Gasteiger charge is -2.21. The molecule has 0 unspecified atom stereocenters. The molecule has 20 heavy (non-hydrogen) atoms. The van der Waals surface area contributed by atoms with Crippen molar-refractivity contribution in [1.29, 1.82) is 0 Å². The fourth-order valence-electron chi connectivity index (χ4n) is 2.62. The average Bonchev–Trinajstić information content (AvgIpc) is 2.87. The first kappa shape index (κ1) is 14.0. The summed E-state index contributed by atoms with van der Waals surface area (Å²) in [6.07, 6.45) is 3.68. The van der Waals surface area contributed by atoms with E-state index in [1.807, 2.05) is 19.1 Å². The Kier molecular flexibility index (Phi) is 4.06. The summed E-state index contributed by atoms with van der Waals surface area (Å²) >= 11 is 7.71. The fraction of sp³-hybridized carbons (Fsp3) is 0.467. The van der Waals surface area contributed by atoms with Crippen LogP contribution in [0.5, 0.6) is 0 Å². The molecule has 5 heteroatoms. The highest BCUT2D eigenvalue weighted by atomic mass is 35.5. The number of benzene rings is 1. The standard InChI is InChI=1S/C15H17ClN2OS/c1-9-10(16)5-6-13-15(9)18-14(20-13)8-12(19)11-4-2-3-7-17-11/h5-6,11,17H,2-4,7-8H2,1H3/t11-/m0/s1. The number of nitrogens with one attached hydrogen (secondary N) is 1. The number of aromatic nitrogens is 1. The van der Waals surface area contributed by atoms with Gasteiger partial charge in [0.15, 0.2) is 5.78 Å². The van der Waals surface area contributed by atoms with Gasteiger partial charge in [-0.3, -0.25) is 4.79 Å². The largest absolute Gasteiger partial charge is 0.307 e. The van der Waals surface area contributed by atoms with Crippen LogP contribution >= 0.6 is 22.9 Å². The van der Waals surface area contributed by atoms with Gasteiger partial charge in [-0.05, 0) is 44.0 Å². The second kappa shape index (κ2) is 5.80. The Morgan fingerprint density at radius 3 is 3.10 bits per heavy atom. The van der Waals surface area contributed by atoms with Crippen molar-refractivity contribution in [3.05, 3.63) is 27.7 Å². The van der Waals surface area contributed by atoms with Crippen LogP contribution in [0.15, 0.2) is 12.1 Å². The van der Waals surface area contributed by atoms with Crippen molar-refractivity contribution in [3.63, 3.8) is 0 Å². The molecule has 1 aliphatic rings. The van der Waals surface area contributed by atoms with E-state index in [2.05, 4.69) is 10.3 Å². The predicted molar refractivity (Wildman–Crippen MR) is 83.7 cm³/mol. The van der Waals surface area contributed by atoms with E-state index in [0.29, 0.717) is 6.42 Å². The number of halogens is 1. The first-order chi connectivity index (χ1) is 9.65. The number of fused-ring (bicyclic) bond motifs is 1. The lowest BCUT2D eigenvalue weighted by atomic mass is 10.00. The Morgan fingerprint density at radius 1 is 1.50 bits per heavy atom. The number of hydrogen-bond donors (Lipinski definition) is 1. The summed E-state index contributed by atoms with van der Waals surface area (Å²) in [6.45, 7) is 2.92. The van der Waals surface area contributed by atoms with E-state index >= 15 is 0 Å². The summed E-state index contributed by atoms with van der Waals surface area (Å²) in [5, 5.41) is 4.92. The van der Waals surface area contributed by atoms with Gasteiger partial charge in [-0.25, -0.2) is 4.98 Å². The van der Waals surface area contributed by atoms with E-state index < -0.39 is 0 Å². The van der Waals surface area contributed by atoms with Gasteiger partial charge in [-0.15, -0.1) is 11.3 Å². The summed E-state index contributed by atoms with van der Waals surface area (Å²) in [7, 11) is 0. The molecule has 1 saturated heterocycles. The lowest BCUT2D eigenvalue weighted by molar-refractivity contribution is -0.120. The van der Waals surface area contributed by atoms with E-state index in [4.69, 9.17) is 11.6 Å². The normalized spacial score (nSPS) is 19.4. The zero-order valence-electron chi connectivity index (χ0n) is 11.4. The van der Waals surface area contributed by atoms with Gasteiger partial charge < -0.3 is 5.32 Å². The van der Waals surface area contributed by atoms with Crippen molar-refractivity contribution >= 4 is 38.9 Å². The van der Waals surface area contributed by atoms with Crippen molar-refractivity contribution in [3.8, 4) is 0 Å². The number of thiazole rings is 1. The number of nitrogens with zero attached hydrogens (tertiary/aromatic N) is 1. The van der Waals surface area contributed by atoms with Gasteiger partial charge in [0.1, 0.15) is 5.01 Å². The van der Waals surface area contributed by atoms with Gasteiger partial charge in [0.05, 0.1) is 22.7 Å². The summed E-state index contributed by atoms with van der Waals surface area (Å²) < 4.78 is 1.10. The number of carbonyl (C=O) groups excluding carboxylic acids is 1. The van der Waals surface area contributed by atoms with Crippen molar-refractivity contribution in [1.82, 2.24) is 10.3 Å². The molecule has 1 aliphatic heterocycles. The molecule has 0 saturated carbocycles. The van der Waals surface area contributed by atoms with Crippen LogP contribution in [0.25, 0.3) is 10.2 Å². The maximum atomic E-state index is 12.3. The van der Waals surface area contributed by atoms with Crippen LogP contribution in [-0.4, -0.2) is 23.4 Å². The second-order valence-corrected chi connectivity index (χ2v) is 6.79. The smallest absolute Gasteiger partial charge is 0.156 e. The van der Waals surface area contributed by atoms with Gasteiger partial charge in [0.25, 0.3) is 0 Å². The highest BCUT2D eigenvalue weighted by Crippen LogP contribution is 2.29. The zero-order valence-corrected chi connectivity index (χ0v) is 13.0. The van der Waals surface area contributed by atoms with Crippen LogP contribution < -0.4 is 5.32 Å². The maximum Gasteiger partial charge on any atom is 0.156 e. The zero-order chi connectivity index (χ0) is 14.1. The van der Waals surface area contributed by atoms with E-state index in [-0.39, 0.29) is 11.8 Å². The molecule has 2 aromatic rings. The molecule has 3 rings (SSSR count). The maximum absolute atomic E-state index is 12.3. The third kappa shape index (κ3) is 2.73. The number of piperidine rings is 1. The predicted octanol–water partition coefficient (Wildman–Crippen LogP) is 3.51. The minimum Gasteiger partial charge on any atom is -0.307 e. The summed E-state index contributed by atoms with van der Waals surface area (Å²) in [6, 6.07) is 3.89. The molecule has 0 amide bonds. The lowest BCUT2D eigenvalue weighted by Crippen LogP contribution is -2.41. The highest BCUT2D eigenvalue weighted by Gasteiger charge is 2.22. The van der Waals surface area contributed by atoms with E-state index in [1.165, 1.54) is 6.42 Å². The first-order valence-electron chi connectivity index (χ1n) is 6.96. The molecule has 0 aliphatic carbocycles. The number of aryl methyl sites for hydroxylation is 1. The van der Waals surface area contributed by atoms with Crippen molar-refractivity contribution < 1.29 is 4.79 Å². The molecule has 0 bridgehead atoms.